The summed E-state index contributed by atoms with van der Waals surface area (Å²) in [5.41, 5.74) is 1.21. The zero-order valence-electron chi connectivity index (χ0n) is 14.2. The maximum Gasteiger partial charge on any atom is 0.252 e. The number of nitrogens with one attached hydrogen (secondary N) is 1. The van der Waals surface area contributed by atoms with Gasteiger partial charge in [0.25, 0.3) is 5.91 Å². The summed E-state index contributed by atoms with van der Waals surface area (Å²) in [6.45, 7) is 4.48. The van der Waals surface area contributed by atoms with Crippen LogP contribution in [-0.4, -0.2) is 46.7 Å². The fraction of sp³-hybridized carbons (Fsp3) is 0.471. The van der Waals surface area contributed by atoms with Gasteiger partial charge < -0.3 is 9.73 Å². The molecule has 0 aliphatic heterocycles. The Hall–Kier alpha value is -1.92. The molecule has 1 atom stereocenters. The van der Waals surface area contributed by atoms with E-state index in [4.69, 9.17) is 4.42 Å². The van der Waals surface area contributed by atoms with Crippen LogP contribution in [0.3, 0.4) is 0 Å². The van der Waals surface area contributed by atoms with Crippen molar-refractivity contribution in [3.05, 3.63) is 35.7 Å². The lowest BCUT2D eigenvalue weighted by Crippen LogP contribution is -2.41. The Balaban J connectivity index is 0.00000208. The molecule has 3 rings (SSSR count). The molecule has 6 nitrogen and oxygen atoms in total. The van der Waals surface area contributed by atoms with E-state index in [0.717, 1.165) is 0 Å². The molecule has 0 bridgehead atoms. The summed E-state index contributed by atoms with van der Waals surface area (Å²) in [5.74, 6) is 0.735. The molecule has 1 aromatic carbocycles. The lowest BCUT2D eigenvalue weighted by atomic mass is 10.1. The Morgan fingerprint density at radius 3 is 2.71 bits per heavy atom. The smallest absolute Gasteiger partial charge is 0.252 e. The van der Waals surface area contributed by atoms with Crippen LogP contribution in [-0.2, 0) is 0 Å². The van der Waals surface area contributed by atoms with Crippen LogP contribution in [0.4, 0.5) is 0 Å². The summed E-state index contributed by atoms with van der Waals surface area (Å²) in [5, 5.41) is 10.9. The van der Waals surface area contributed by atoms with Gasteiger partial charge in [0.05, 0.1) is 11.1 Å². The van der Waals surface area contributed by atoms with E-state index in [2.05, 4.69) is 34.4 Å². The Kier molecular flexibility index (Phi) is 5.96. The van der Waals surface area contributed by atoms with Crippen molar-refractivity contribution in [2.24, 2.45) is 0 Å². The normalized spacial score (nSPS) is 15.0. The molecule has 7 heteroatoms. The van der Waals surface area contributed by atoms with Crippen molar-refractivity contribution in [2.75, 3.05) is 13.6 Å². The third-order valence-electron chi connectivity index (χ3n) is 4.30. The van der Waals surface area contributed by atoms with E-state index in [1.54, 1.807) is 13.0 Å². The number of rotatable bonds is 6. The predicted molar refractivity (Wildman–Crippen MR) is 94.3 cm³/mol. The molecule has 1 aliphatic rings. The molecule has 1 fully saturated rings. The van der Waals surface area contributed by atoms with Crippen LogP contribution in [0.2, 0.25) is 0 Å². The van der Waals surface area contributed by atoms with Crippen LogP contribution in [0.5, 0.6) is 0 Å². The summed E-state index contributed by atoms with van der Waals surface area (Å²) in [6, 6.07) is 8.28. The number of carbonyl (C=O) groups excluding carboxylic acids is 1. The molecular weight excluding hydrogens is 328 g/mol. The molecule has 1 aliphatic carbocycles. The van der Waals surface area contributed by atoms with Crippen LogP contribution in [0.1, 0.15) is 36.0 Å². The third kappa shape index (κ3) is 4.13. The number of amides is 1. The molecule has 24 heavy (non-hydrogen) atoms. The minimum atomic E-state index is -0.118. The van der Waals surface area contributed by atoms with E-state index in [-0.39, 0.29) is 18.3 Å². The van der Waals surface area contributed by atoms with Crippen LogP contribution in [0.25, 0.3) is 11.5 Å². The molecule has 1 N–H and O–H groups in total. The highest BCUT2D eigenvalue weighted by atomic mass is 35.5. The number of nitrogens with zero attached hydrogens (tertiary/aromatic N) is 3. The van der Waals surface area contributed by atoms with Crippen molar-refractivity contribution < 1.29 is 9.21 Å². The zero-order chi connectivity index (χ0) is 16.4. The number of likely N-dealkylation sites (N-methyl/N-ethyl adjacent to an activating group) is 1. The van der Waals surface area contributed by atoms with Crippen molar-refractivity contribution >= 4 is 18.3 Å². The molecule has 1 saturated carbocycles. The minimum absolute atomic E-state index is 0. The van der Waals surface area contributed by atoms with Gasteiger partial charge in [0.15, 0.2) is 0 Å². The first-order chi connectivity index (χ1) is 11.1. The van der Waals surface area contributed by atoms with E-state index >= 15 is 0 Å². The molecular formula is C17H23ClN4O2. The molecule has 1 amide bonds. The fourth-order valence-electron chi connectivity index (χ4n) is 2.59. The second-order valence-electron chi connectivity index (χ2n) is 6.13. The molecule has 0 saturated heterocycles. The van der Waals surface area contributed by atoms with Crippen LogP contribution in [0, 0.1) is 6.92 Å². The van der Waals surface area contributed by atoms with Crippen molar-refractivity contribution in [2.45, 2.75) is 38.8 Å². The maximum absolute atomic E-state index is 12.5. The molecule has 130 valence electrons. The van der Waals surface area contributed by atoms with Crippen molar-refractivity contribution in [3.8, 4) is 11.5 Å². The third-order valence-corrected chi connectivity index (χ3v) is 4.30. The van der Waals surface area contributed by atoms with Gasteiger partial charge >= 0.3 is 0 Å². The molecule has 1 unspecified atom stereocenters. The Morgan fingerprint density at radius 2 is 2.08 bits per heavy atom. The second kappa shape index (κ2) is 7.77. The first kappa shape index (κ1) is 18.4. The SMILES string of the molecule is Cc1nnc(-c2ccccc2C(=O)NCC(C)N(C)C2CC2)o1.Cl. The number of carbonyl (C=O) groups is 1. The highest BCUT2D eigenvalue weighted by Crippen LogP contribution is 2.27. The van der Waals surface area contributed by atoms with E-state index < -0.39 is 0 Å². The first-order valence-corrected chi connectivity index (χ1v) is 7.96. The minimum Gasteiger partial charge on any atom is -0.421 e. The van der Waals surface area contributed by atoms with Gasteiger partial charge in [-0.1, -0.05) is 12.1 Å². The van der Waals surface area contributed by atoms with Crippen LogP contribution >= 0.6 is 12.4 Å². The van der Waals surface area contributed by atoms with E-state index in [0.29, 0.717) is 41.5 Å². The van der Waals surface area contributed by atoms with Gasteiger partial charge in [0, 0.05) is 25.6 Å². The second-order valence-corrected chi connectivity index (χ2v) is 6.13. The largest absolute Gasteiger partial charge is 0.421 e. The zero-order valence-corrected chi connectivity index (χ0v) is 15.0. The average Bonchev–Trinajstić information content (AvgIpc) is 3.33. The predicted octanol–water partition coefficient (Wildman–Crippen LogP) is 2.68. The van der Waals surface area contributed by atoms with Gasteiger partial charge in [-0.25, -0.2) is 0 Å². The number of hydrogen-bond acceptors (Lipinski definition) is 5. The molecule has 0 radical (unpaired) electrons. The monoisotopic (exact) mass is 350 g/mol. The fourth-order valence-corrected chi connectivity index (χ4v) is 2.59. The molecule has 1 aromatic heterocycles. The molecule has 0 spiro atoms. The van der Waals surface area contributed by atoms with Gasteiger partial charge in [-0.2, -0.15) is 0 Å². The van der Waals surface area contributed by atoms with Gasteiger partial charge in [0.1, 0.15) is 0 Å². The first-order valence-electron chi connectivity index (χ1n) is 7.96. The molecule has 1 heterocycles. The van der Waals surface area contributed by atoms with Gasteiger partial charge in [-0.3, -0.25) is 9.69 Å². The topological polar surface area (TPSA) is 71.3 Å². The van der Waals surface area contributed by atoms with E-state index in [9.17, 15) is 4.79 Å². The van der Waals surface area contributed by atoms with Crippen molar-refractivity contribution in [1.29, 1.82) is 0 Å². The van der Waals surface area contributed by atoms with Gasteiger partial charge in [-0.15, -0.1) is 22.6 Å². The highest BCUT2D eigenvalue weighted by Gasteiger charge is 2.29. The van der Waals surface area contributed by atoms with E-state index in [1.165, 1.54) is 12.8 Å². The number of hydrogen-bond donors (Lipinski definition) is 1. The average molecular weight is 351 g/mol. The summed E-state index contributed by atoms with van der Waals surface area (Å²) in [7, 11) is 2.11. The Bertz CT molecular complexity index is 699. The lowest BCUT2D eigenvalue weighted by molar-refractivity contribution is 0.0940. The maximum atomic E-state index is 12.5. The number of benzene rings is 1. The van der Waals surface area contributed by atoms with Crippen LogP contribution in [0.15, 0.2) is 28.7 Å². The van der Waals surface area contributed by atoms with Gasteiger partial charge in [-0.05, 0) is 38.9 Å². The summed E-state index contributed by atoms with van der Waals surface area (Å²) < 4.78 is 5.45. The standard InChI is InChI=1S/C17H22N4O2.ClH/c1-11(21(3)13-8-9-13)10-18-16(22)14-6-4-5-7-15(14)17-20-19-12(2)23-17;/h4-7,11,13H,8-10H2,1-3H3,(H,18,22);1H. The number of aryl methyl sites for hydroxylation is 1. The highest BCUT2D eigenvalue weighted by molar-refractivity contribution is 5.99. The summed E-state index contributed by atoms with van der Waals surface area (Å²) in [6.07, 6.45) is 2.52. The van der Waals surface area contributed by atoms with Gasteiger partial charge in [0.2, 0.25) is 11.8 Å². The number of halogens is 1. The van der Waals surface area contributed by atoms with Crippen LogP contribution < -0.4 is 5.32 Å². The lowest BCUT2D eigenvalue weighted by Gasteiger charge is -2.24. The summed E-state index contributed by atoms with van der Waals surface area (Å²) in [4.78, 5) is 14.9. The molecule has 2 aromatic rings. The van der Waals surface area contributed by atoms with Crippen molar-refractivity contribution in [3.63, 3.8) is 0 Å². The Morgan fingerprint density at radius 1 is 1.38 bits per heavy atom. The summed E-state index contributed by atoms with van der Waals surface area (Å²) >= 11 is 0. The quantitative estimate of drug-likeness (QED) is 0.867. The number of aromatic nitrogens is 2. The van der Waals surface area contributed by atoms with Crippen molar-refractivity contribution in [1.82, 2.24) is 20.4 Å². The van der Waals surface area contributed by atoms with E-state index in [1.807, 2.05) is 18.2 Å². The Labute approximate surface area is 148 Å².